The van der Waals surface area contributed by atoms with Gasteiger partial charge in [0.1, 0.15) is 0 Å². The molecular weight excluding hydrogens is 300 g/mol. The highest BCUT2D eigenvalue weighted by Gasteiger charge is 2.15. The van der Waals surface area contributed by atoms with Crippen molar-refractivity contribution in [2.24, 2.45) is 0 Å². The van der Waals surface area contributed by atoms with Crippen LogP contribution in [0.25, 0.3) is 0 Å². The number of amides is 2. The number of halogens is 1. The predicted octanol–water partition coefficient (Wildman–Crippen LogP) is 3.70. The lowest BCUT2D eigenvalue weighted by Gasteiger charge is -2.23. The zero-order valence-electron chi connectivity index (χ0n) is 13.6. The number of benzene rings is 1. The van der Waals surface area contributed by atoms with Crippen LogP contribution in [0.5, 0.6) is 0 Å². The van der Waals surface area contributed by atoms with Crippen molar-refractivity contribution in [2.75, 3.05) is 18.0 Å². The molecule has 0 bridgehead atoms. The molecule has 0 spiro atoms. The minimum Gasteiger partial charge on any atom is -0.356 e. The quantitative estimate of drug-likeness (QED) is 0.741. The van der Waals surface area contributed by atoms with E-state index in [1.54, 1.807) is 17.0 Å². The van der Waals surface area contributed by atoms with E-state index in [1.165, 1.54) is 6.92 Å². The molecule has 2 amide bonds. The van der Waals surface area contributed by atoms with Crippen molar-refractivity contribution >= 4 is 29.1 Å². The molecule has 0 radical (unpaired) electrons. The number of aryl methyl sites for hydroxylation is 1. The van der Waals surface area contributed by atoms with E-state index in [0.29, 0.717) is 18.1 Å². The molecule has 0 fully saturated rings. The molecule has 0 heterocycles. The number of rotatable bonds is 8. The van der Waals surface area contributed by atoms with Crippen LogP contribution in [0.3, 0.4) is 0 Å². The van der Waals surface area contributed by atoms with Gasteiger partial charge in [0.2, 0.25) is 11.8 Å². The Morgan fingerprint density at radius 3 is 2.64 bits per heavy atom. The Kier molecular flexibility index (Phi) is 7.96. The summed E-state index contributed by atoms with van der Waals surface area (Å²) in [5.74, 6) is -0.119. The minimum absolute atomic E-state index is 0.0259. The van der Waals surface area contributed by atoms with Crippen LogP contribution in [0.4, 0.5) is 5.69 Å². The van der Waals surface area contributed by atoms with E-state index in [-0.39, 0.29) is 18.2 Å². The van der Waals surface area contributed by atoms with Crippen molar-refractivity contribution in [2.45, 2.75) is 46.5 Å². The molecule has 0 aliphatic rings. The largest absolute Gasteiger partial charge is 0.356 e. The van der Waals surface area contributed by atoms with E-state index in [2.05, 4.69) is 12.2 Å². The molecule has 4 nitrogen and oxygen atoms in total. The van der Waals surface area contributed by atoms with Gasteiger partial charge in [0.15, 0.2) is 0 Å². The zero-order valence-corrected chi connectivity index (χ0v) is 14.4. The molecule has 0 atom stereocenters. The zero-order chi connectivity index (χ0) is 16.5. The first-order valence-corrected chi connectivity index (χ1v) is 8.14. The summed E-state index contributed by atoms with van der Waals surface area (Å²) in [7, 11) is 0. The normalized spacial score (nSPS) is 10.4. The smallest absolute Gasteiger partial charge is 0.223 e. The Hall–Kier alpha value is -1.55. The molecule has 1 aromatic rings. The van der Waals surface area contributed by atoms with Gasteiger partial charge in [-0.15, -0.1) is 0 Å². The second kappa shape index (κ2) is 9.46. The summed E-state index contributed by atoms with van der Waals surface area (Å²) in [5.41, 5.74) is 1.72. The van der Waals surface area contributed by atoms with E-state index >= 15 is 0 Å². The summed E-state index contributed by atoms with van der Waals surface area (Å²) in [6.07, 6.45) is 3.52. The molecule has 122 valence electrons. The topological polar surface area (TPSA) is 49.4 Å². The fourth-order valence-electron chi connectivity index (χ4n) is 2.23. The average molecular weight is 325 g/mol. The van der Waals surface area contributed by atoms with Gasteiger partial charge >= 0.3 is 0 Å². The Labute approximate surface area is 137 Å². The molecule has 22 heavy (non-hydrogen) atoms. The van der Waals surface area contributed by atoms with Gasteiger partial charge in [-0.3, -0.25) is 9.59 Å². The number of unbranched alkanes of at least 4 members (excludes halogenated alkanes) is 2. The molecule has 1 N–H and O–H groups in total. The lowest BCUT2D eigenvalue weighted by Crippen LogP contribution is -2.34. The Morgan fingerprint density at radius 1 is 1.27 bits per heavy atom. The van der Waals surface area contributed by atoms with Crippen LogP contribution in [0, 0.1) is 6.92 Å². The molecule has 1 rings (SSSR count). The highest BCUT2D eigenvalue weighted by molar-refractivity contribution is 6.31. The van der Waals surface area contributed by atoms with E-state index in [0.717, 1.165) is 30.5 Å². The number of carbonyl (C=O) groups is 2. The summed E-state index contributed by atoms with van der Waals surface area (Å²) in [4.78, 5) is 25.3. The van der Waals surface area contributed by atoms with Crippen molar-refractivity contribution in [1.82, 2.24) is 5.32 Å². The third-order valence-corrected chi connectivity index (χ3v) is 3.74. The summed E-state index contributed by atoms with van der Waals surface area (Å²) < 4.78 is 0. The predicted molar refractivity (Wildman–Crippen MR) is 91.4 cm³/mol. The average Bonchev–Trinajstić information content (AvgIpc) is 2.47. The summed E-state index contributed by atoms with van der Waals surface area (Å²) in [6, 6.07) is 5.43. The first-order chi connectivity index (χ1) is 10.5. The third-order valence-electron chi connectivity index (χ3n) is 3.51. The van der Waals surface area contributed by atoms with Crippen LogP contribution in [0.1, 0.15) is 45.1 Å². The maximum absolute atomic E-state index is 11.9. The Bertz CT molecular complexity index is 517. The second-order valence-corrected chi connectivity index (χ2v) is 5.84. The molecule has 5 heteroatoms. The summed E-state index contributed by atoms with van der Waals surface area (Å²) >= 11 is 6.01. The van der Waals surface area contributed by atoms with Gasteiger partial charge in [-0.05, 0) is 31.0 Å². The number of anilines is 1. The van der Waals surface area contributed by atoms with Gasteiger partial charge in [0, 0.05) is 37.1 Å². The molecule has 0 saturated heterocycles. The number of hydrogen-bond acceptors (Lipinski definition) is 2. The summed E-state index contributed by atoms with van der Waals surface area (Å²) in [6.45, 7) is 6.60. The van der Waals surface area contributed by atoms with Gasteiger partial charge < -0.3 is 10.2 Å². The number of nitrogens with one attached hydrogen (secondary N) is 1. The molecule has 0 aliphatic carbocycles. The maximum Gasteiger partial charge on any atom is 0.223 e. The van der Waals surface area contributed by atoms with E-state index in [4.69, 9.17) is 11.6 Å². The van der Waals surface area contributed by atoms with Crippen LogP contribution in [-0.4, -0.2) is 24.9 Å². The van der Waals surface area contributed by atoms with Gasteiger partial charge in [-0.1, -0.05) is 37.4 Å². The van der Waals surface area contributed by atoms with Crippen molar-refractivity contribution in [3.63, 3.8) is 0 Å². The highest BCUT2D eigenvalue weighted by atomic mass is 35.5. The van der Waals surface area contributed by atoms with Crippen LogP contribution >= 0.6 is 11.6 Å². The van der Waals surface area contributed by atoms with E-state index < -0.39 is 0 Å². The van der Waals surface area contributed by atoms with Crippen molar-refractivity contribution in [3.05, 3.63) is 28.8 Å². The molecule has 0 aromatic heterocycles. The molecule has 0 unspecified atom stereocenters. The van der Waals surface area contributed by atoms with Crippen LogP contribution in [0.2, 0.25) is 5.02 Å². The first-order valence-electron chi connectivity index (χ1n) is 7.76. The van der Waals surface area contributed by atoms with Crippen molar-refractivity contribution in [1.29, 1.82) is 0 Å². The molecular formula is C17H25ClN2O2. The van der Waals surface area contributed by atoms with Crippen LogP contribution < -0.4 is 10.2 Å². The van der Waals surface area contributed by atoms with Gasteiger partial charge in [0.25, 0.3) is 0 Å². The van der Waals surface area contributed by atoms with Crippen molar-refractivity contribution in [3.8, 4) is 0 Å². The fraction of sp³-hybridized carbons (Fsp3) is 0.529. The van der Waals surface area contributed by atoms with Gasteiger partial charge in [-0.25, -0.2) is 0 Å². The van der Waals surface area contributed by atoms with E-state index in [1.807, 2.05) is 13.0 Å². The van der Waals surface area contributed by atoms with E-state index in [9.17, 15) is 9.59 Å². The summed E-state index contributed by atoms with van der Waals surface area (Å²) in [5, 5.41) is 3.47. The Morgan fingerprint density at radius 2 is 2.00 bits per heavy atom. The Balaban J connectivity index is 2.60. The van der Waals surface area contributed by atoms with Crippen LogP contribution in [-0.2, 0) is 9.59 Å². The minimum atomic E-state index is -0.0934. The second-order valence-electron chi connectivity index (χ2n) is 5.41. The highest BCUT2D eigenvalue weighted by Crippen LogP contribution is 2.24. The standard InChI is InChI=1S/C17H25ClN2O2/c1-4-5-6-10-19-17(22)9-11-20(14(3)21)16-12-15(18)8-7-13(16)2/h7-8,12H,4-6,9-11H2,1-3H3,(H,19,22). The van der Waals surface area contributed by atoms with Crippen LogP contribution in [0.15, 0.2) is 18.2 Å². The lowest BCUT2D eigenvalue weighted by molar-refractivity contribution is -0.121. The maximum atomic E-state index is 11.9. The first kappa shape index (κ1) is 18.5. The lowest BCUT2D eigenvalue weighted by atomic mass is 10.1. The SMILES string of the molecule is CCCCCNC(=O)CCN(C(C)=O)c1cc(Cl)ccc1C. The number of nitrogens with zero attached hydrogens (tertiary/aromatic N) is 1. The number of carbonyl (C=O) groups excluding carboxylic acids is 2. The number of hydrogen-bond donors (Lipinski definition) is 1. The van der Waals surface area contributed by atoms with Gasteiger partial charge in [-0.2, -0.15) is 0 Å². The van der Waals surface area contributed by atoms with Gasteiger partial charge in [0.05, 0.1) is 0 Å². The molecule has 0 aliphatic heterocycles. The molecule has 1 aromatic carbocycles. The molecule has 0 saturated carbocycles. The fourth-order valence-corrected chi connectivity index (χ4v) is 2.39. The third kappa shape index (κ3) is 6.06. The monoisotopic (exact) mass is 324 g/mol. The van der Waals surface area contributed by atoms with Crippen molar-refractivity contribution < 1.29 is 9.59 Å².